The lowest BCUT2D eigenvalue weighted by molar-refractivity contribution is 0.339. The van der Waals surface area contributed by atoms with E-state index in [0.717, 1.165) is 12.4 Å². The normalized spacial score (nSPS) is 12.5. The molecule has 2 heteroatoms. The Balaban J connectivity index is 2.78. The van der Waals surface area contributed by atoms with Crippen LogP contribution in [0.15, 0.2) is 24.3 Å². The Kier molecular flexibility index (Phi) is 3.77. The van der Waals surface area contributed by atoms with E-state index in [-0.39, 0.29) is 0 Å². The molecule has 0 fully saturated rings. The third kappa shape index (κ3) is 2.74. The molecule has 0 amide bonds. The highest BCUT2D eigenvalue weighted by Gasteiger charge is 2.02. The average Bonchev–Trinajstić information content (AvgIpc) is 2.18. The van der Waals surface area contributed by atoms with Crippen molar-refractivity contribution in [1.82, 2.24) is 5.32 Å². The van der Waals surface area contributed by atoms with Crippen molar-refractivity contribution in [2.45, 2.75) is 19.9 Å². The van der Waals surface area contributed by atoms with Gasteiger partial charge in [-0.15, -0.1) is 0 Å². The fourth-order valence-electron chi connectivity index (χ4n) is 1.21. The molecule has 0 aliphatic rings. The van der Waals surface area contributed by atoms with E-state index in [1.807, 2.05) is 26.1 Å². The van der Waals surface area contributed by atoms with Crippen LogP contribution < -0.4 is 10.1 Å². The number of hydrogen-bond acceptors (Lipinski definition) is 2. The Labute approximate surface area is 79.9 Å². The van der Waals surface area contributed by atoms with Gasteiger partial charge in [0.25, 0.3) is 0 Å². The van der Waals surface area contributed by atoms with Crippen molar-refractivity contribution in [2.75, 3.05) is 13.7 Å². The Bertz CT molecular complexity index is 260. The highest BCUT2D eigenvalue weighted by molar-refractivity contribution is 5.30. The zero-order chi connectivity index (χ0) is 9.68. The molecule has 0 spiro atoms. The molecule has 2 nitrogen and oxygen atoms in total. The summed E-state index contributed by atoms with van der Waals surface area (Å²) in [4.78, 5) is 0. The molecule has 0 saturated carbocycles. The average molecular weight is 179 g/mol. The molecule has 1 N–H and O–H groups in total. The van der Waals surface area contributed by atoms with Crippen molar-refractivity contribution in [3.8, 4) is 5.75 Å². The van der Waals surface area contributed by atoms with Crippen molar-refractivity contribution in [1.29, 1.82) is 0 Å². The van der Waals surface area contributed by atoms with Crippen LogP contribution in [0.25, 0.3) is 0 Å². The van der Waals surface area contributed by atoms with E-state index in [0.29, 0.717) is 6.04 Å². The summed E-state index contributed by atoms with van der Waals surface area (Å²) in [5.74, 6) is 0.946. The molecule has 0 aliphatic carbocycles. The first kappa shape index (κ1) is 10.1. The van der Waals surface area contributed by atoms with E-state index < -0.39 is 0 Å². The molecule has 72 valence electrons. The molecule has 1 rings (SSSR count). The van der Waals surface area contributed by atoms with Crippen LogP contribution in [0.1, 0.15) is 25.5 Å². The molecule has 0 radical (unpaired) electrons. The van der Waals surface area contributed by atoms with Crippen LogP contribution in [0.3, 0.4) is 0 Å². The smallest absolute Gasteiger partial charge is 0.119 e. The number of rotatable bonds is 4. The molecule has 0 aromatic heterocycles. The van der Waals surface area contributed by atoms with Gasteiger partial charge in [0.15, 0.2) is 0 Å². The van der Waals surface area contributed by atoms with Crippen molar-refractivity contribution in [2.24, 2.45) is 0 Å². The van der Waals surface area contributed by atoms with Gasteiger partial charge in [-0.3, -0.25) is 0 Å². The maximum Gasteiger partial charge on any atom is 0.119 e. The van der Waals surface area contributed by atoms with Gasteiger partial charge in [0, 0.05) is 6.04 Å². The summed E-state index contributed by atoms with van der Waals surface area (Å²) in [6, 6.07) is 8.55. The minimum Gasteiger partial charge on any atom is -0.494 e. The molecule has 1 aromatic rings. The maximum atomic E-state index is 5.41. The third-order valence-corrected chi connectivity index (χ3v) is 2.10. The van der Waals surface area contributed by atoms with Gasteiger partial charge in [0.2, 0.25) is 0 Å². The Morgan fingerprint density at radius 1 is 1.46 bits per heavy atom. The first-order valence-electron chi connectivity index (χ1n) is 4.68. The Hall–Kier alpha value is -1.02. The summed E-state index contributed by atoms with van der Waals surface area (Å²) >= 11 is 0. The van der Waals surface area contributed by atoms with Gasteiger partial charge < -0.3 is 10.1 Å². The molecule has 1 atom stereocenters. The second-order valence-corrected chi connectivity index (χ2v) is 3.02. The van der Waals surface area contributed by atoms with Gasteiger partial charge in [0.1, 0.15) is 5.75 Å². The quantitative estimate of drug-likeness (QED) is 0.766. The number of ether oxygens (including phenoxy) is 1. The summed E-state index contributed by atoms with van der Waals surface area (Å²) in [6.07, 6.45) is 0. The molecule has 0 bridgehead atoms. The topological polar surface area (TPSA) is 21.3 Å². The fraction of sp³-hybridized carbons (Fsp3) is 0.455. The van der Waals surface area contributed by atoms with Crippen molar-refractivity contribution < 1.29 is 4.74 Å². The zero-order valence-electron chi connectivity index (χ0n) is 8.50. The van der Waals surface area contributed by atoms with Crippen LogP contribution in [0.2, 0.25) is 0 Å². The number of benzene rings is 1. The lowest BCUT2D eigenvalue weighted by Crippen LogP contribution is -2.12. The zero-order valence-corrected chi connectivity index (χ0v) is 8.50. The lowest BCUT2D eigenvalue weighted by atomic mass is 10.1. The molecule has 1 aromatic carbocycles. The molecule has 13 heavy (non-hydrogen) atoms. The van der Waals surface area contributed by atoms with Gasteiger partial charge in [-0.05, 0) is 38.6 Å². The predicted molar refractivity (Wildman–Crippen MR) is 55.1 cm³/mol. The first-order chi connectivity index (χ1) is 6.27. The molecule has 0 unspecified atom stereocenters. The van der Waals surface area contributed by atoms with Crippen LogP contribution >= 0.6 is 0 Å². The monoisotopic (exact) mass is 179 g/mol. The van der Waals surface area contributed by atoms with Gasteiger partial charge >= 0.3 is 0 Å². The van der Waals surface area contributed by atoms with Crippen molar-refractivity contribution in [3.63, 3.8) is 0 Å². The van der Waals surface area contributed by atoms with Crippen LogP contribution in [0.5, 0.6) is 5.75 Å². The largest absolute Gasteiger partial charge is 0.494 e. The first-order valence-corrected chi connectivity index (χ1v) is 4.68. The Morgan fingerprint density at radius 2 is 2.23 bits per heavy atom. The van der Waals surface area contributed by atoms with Crippen LogP contribution in [-0.4, -0.2) is 13.7 Å². The highest BCUT2D eigenvalue weighted by atomic mass is 16.5. The van der Waals surface area contributed by atoms with Crippen molar-refractivity contribution >= 4 is 0 Å². The molecule has 0 heterocycles. The van der Waals surface area contributed by atoms with E-state index in [1.54, 1.807) is 0 Å². The predicted octanol–water partition coefficient (Wildman–Crippen LogP) is 2.37. The van der Waals surface area contributed by atoms with Crippen LogP contribution in [0.4, 0.5) is 0 Å². The van der Waals surface area contributed by atoms with Crippen LogP contribution in [-0.2, 0) is 0 Å². The minimum atomic E-state index is 0.375. The summed E-state index contributed by atoms with van der Waals surface area (Å²) in [6.45, 7) is 4.84. The third-order valence-electron chi connectivity index (χ3n) is 2.10. The van der Waals surface area contributed by atoms with E-state index in [1.165, 1.54) is 5.56 Å². The lowest BCUT2D eigenvalue weighted by Gasteiger charge is -2.11. The SMILES string of the molecule is CCOc1cccc([C@@H](C)NC)c1. The van der Waals surface area contributed by atoms with Gasteiger partial charge in [-0.25, -0.2) is 0 Å². The number of hydrogen-bond donors (Lipinski definition) is 1. The van der Waals surface area contributed by atoms with E-state index in [2.05, 4.69) is 24.4 Å². The van der Waals surface area contributed by atoms with E-state index in [9.17, 15) is 0 Å². The molecular formula is C11H17NO. The molecular weight excluding hydrogens is 162 g/mol. The van der Waals surface area contributed by atoms with E-state index in [4.69, 9.17) is 4.74 Å². The highest BCUT2D eigenvalue weighted by Crippen LogP contribution is 2.18. The summed E-state index contributed by atoms with van der Waals surface area (Å²) in [5.41, 5.74) is 1.26. The van der Waals surface area contributed by atoms with Gasteiger partial charge in [0.05, 0.1) is 6.61 Å². The second kappa shape index (κ2) is 4.87. The van der Waals surface area contributed by atoms with Gasteiger partial charge in [-0.2, -0.15) is 0 Å². The summed E-state index contributed by atoms with van der Waals surface area (Å²) in [7, 11) is 1.96. The Morgan fingerprint density at radius 3 is 2.85 bits per heavy atom. The number of nitrogens with one attached hydrogen (secondary N) is 1. The van der Waals surface area contributed by atoms with Crippen molar-refractivity contribution in [3.05, 3.63) is 29.8 Å². The minimum absolute atomic E-state index is 0.375. The molecule has 0 saturated heterocycles. The second-order valence-electron chi connectivity index (χ2n) is 3.02. The maximum absolute atomic E-state index is 5.41. The van der Waals surface area contributed by atoms with Gasteiger partial charge in [-0.1, -0.05) is 12.1 Å². The molecule has 0 aliphatic heterocycles. The fourth-order valence-corrected chi connectivity index (χ4v) is 1.21. The standard InChI is InChI=1S/C11H17NO/c1-4-13-11-7-5-6-10(8-11)9(2)12-3/h5-9,12H,4H2,1-3H3/t9-/m1/s1. The summed E-state index contributed by atoms with van der Waals surface area (Å²) < 4.78 is 5.41. The summed E-state index contributed by atoms with van der Waals surface area (Å²) in [5, 5.41) is 3.19. The van der Waals surface area contributed by atoms with E-state index >= 15 is 0 Å². The van der Waals surface area contributed by atoms with Crippen LogP contribution in [0, 0.1) is 0 Å².